The Kier molecular flexibility index (Phi) is 8.01. The Labute approximate surface area is 81.9 Å². The van der Waals surface area contributed by atoms with Crippen molar-refractivity contribution in [1.29, 1.82) is 0 Å². The van der Waals surface area contributed by atoms with Crippen LogP contribution in [0.1, 0.15) is 13.3 Å². The normalized spacial score (nSPS) is 11.6. The van der Waals surface area contributed by atoms with Crippen molar-refractivity contribution in [3.63, 3.8) is 0 Å². The Morgan fingerprint density at radius 1 is 1.67 bits per heavy atom. The molecule has 0 saturated heterocycles. The van der Waals surface area contributed by atoms with Crippen LogP contribution in [0.5, 0.6) is 0 Å². The topological polar surface area (TPSA) is 50.7 Å². The maximum Gasteiger partial charge on any atom is 0.158 e. The molecular weight excluding hydrogens is 190 g/mol. The van der Waals surface area contributed by atoms with Crippen LogP contribution in [0.2, 0.25) is 0 Å². The number of nitrogens with two attached hydrogens (primary N) is 1. The molecule has 0 amide bonds. The number of hydrogen-bond donors (Lipinski definition) is 1. The summed E-state index contributed by atoms with van der Waals surface area (Å²) in [4.78, 5) is 7.43. The Morgan fingerprint density at radius 3 is 3.00 bits per heavy atom. The summed E-state index contributed by atoms with van der Waals surface area (Å²) in [5.41, 5.74) is 5.52. The Hall–Kier alpha value is -0.640. The summed E-state index contributed by atoms with van der Waals surface area (Å²) in [6.45, 7) is 2.09. The van der Waals surface area contributed by atoms with Gasteiger partial charge >= 0.3 is 0 Å². The van der Waals surface area contributed by atoms with Gasteiger partial charge in [0.25, 0.3) is 0 Å². The summed E-state index contributed by atoms with van der Waals surface area (Å²) in [6, 6.07) is 0. The van der Waals surface area contributed by atoms with Crippen LogP contribution in [0, 0.1) is 0 Å². The minimum atomic E-state index is 0.549. The molecule has 0 unspecified atom stereocenters. The van der Waals surface area contributed by atoms with Gasteiger partial charge in [-0.05, 0) is 18.6 Å². The number of nitrogens with zero attached hydrogens (tertiary/aromatic N) is 2. The average molecular weight is 201 g/mol. The van der Waals surface area contributed by atoms with Crippen LogP contribution in [-0.2, 0) is 0 Å². The summed E-state index contributed by atoms with van der Waals surface area (Å²) in [6.07, 6.45) is 4.03. The van der Waals surface area contributed by atoms with Crippen molar-refractivity contribution >= 4 is 34.3 Å². The van der Waals surface area contributed by atoms with Crippen molar-refractivity contribution < 1.29 is 0 Å². The highest BCUT2D eigenvalue weighted by molar-refractivity contribution is 8.13. The van der Waals surface area contributed by atoms with Crippen molar-refractivity contribution in [1.82, 2.24) is 0 Å². The maximum atomic E-state index is 5.52. The maximum absolute atomic E-state index is 5.52. The minimum absolute atomic E-state index is 0.549. The minimum Gasteiger partial charge on any atom is -0.378 e. The van der Waals surface area contributed by atoms with Crippen LogP contribution < -0.4 is 5.73 Å². The van der Waals surface area contributed by atoms with E-state index < -0.39 is 0 Å². The van der Waals surface area contributed by atoms with Gasteiger partial charge in [0, 0.05) is 12.0 Å². The van der Waals surface area contributed by atoms with E-state index in [1.807, 2.05) is 0 Å². The first kappa shape index (κ1) is 11.4. The van der Waals surface area contributed by atoms with Crippen molar-refractivity contribution in [3.05, 3.63) is 12.4 Å². The van der Waals surface area contributed by atoms with E-state index in [0.29, 0.717) is 5.17 Å². The molecule has 5 heteroatoms. The van der Waals surface area contributed by atoms with E-state index in [1.165, 1.54) is 24.2 Å². The first-order valence-corrected chi connectivity index (χ1v) is 4.88. The highest BCUT2D eigenvalue weighted by Crippen LogP contribution is 2.01. The second-order valence-corrected chi connectivity index (χ2v) is 3.13. The molecule has 0 aromatic rings. The quantitative estimate of drug-likeness (QED) is 0.430. The van der Waals surface area contributed by atoms with Crippen LogP contribution in [0.3, 0.4) is 0 Å². The molecule has 0 aliphatic heterocycles. The fraction of sp³-hybridized carbons (Fsp3) is 0.429. The third kappa shape index (κ3) is 7.47. The molecule has 0 radical (unpaired) electrons. The number of rotatable bonds is 4. The zero-order valence-electron chi connectivity index (χ0n) is 6.86. The van der Waals surface area contributed by atoms with E-state index in [1.54, 1.807) is 0 Å². The number of thiocarbonyl (C=S) groups is 1. The standard InChI is InChI=1S/C7H11N3S2/c1-2-5-12-7(8)10-4-3-9-6-11/h3-4H,2,5H2,1H3,(H2,8,10). The van der Waals surface area contributed by atoms with E-state index in [2.05, 4.69) is 34.3 Å². The van der Waals surface area contributed by atoms with Crippen LogP contribution in [0.15, 0.2) is 22.4 Å². The Bertz CT molecular complexity index is 217. The summed E-state index contributed by atoms with van der Waals surface area (Å²) in [7, 11) is 0. The smallest absolute Gasteiger partial charge is 0.158 e. The van der Waals surface area contributed by atoms with E-state index in [0.717, 1.165) is 12.2 Å². The number of aliphatic imine (C=N–C) groups is 2. The molecular formula is C7H11N3S2. The largest absolute Gasteiger partial charge is 0.378 e. The third-order valence-electron chi connectivity index (χ3n) is 0.850. The van der Waals surface area contributed by atoms with Gasteiger partial charge in [-0.25, -0.2) is 9.98 Å². The van der Waals surface area contributed by atoms with Gasteiger partial charge in [-0.15, -0.1) is 0 Å². The first-order chi connectivity index (χ1) is 5.81. The average Bonchev–Trinajstić information content (AvgIpc) is 2.09. The summed E-state index contributed by atoms with van der Waals surface area (Å²) in [5, 5.41) is 2.74. The summed E-state index contributed by atoms with van der Waals surface area (Å²) >= 11 is 5.87. The number of thioether (sulfide) groups is 1. The molecule has 12 heavy (non-hydrogen) atoms. The van der Waals surface area contributed by atoms with Crippen LogP contribution in [0.4, 0.5) is 0 Å². The predicted molar refractivity (Wildman–Crippen MR) is 58.5 cm³/mol. The Morgan fingerprint density at radius 2 is 2.42 bits per heavy atom. The molecule has 0 spiro atoms. The fourth-order valence-electron chi connectivity index (χ4n) is 0.414. The Balaban J connectivity index is 3.74. The zero-order valence-corrected chi connectivity index (χ0v) is 8.49. The molecule has 2 N–H and O–H groups in total. The fourth-order valence-corrected chi connectivity index (χ4v) is 1.02. The van der Waals surface area contributed by atoms with Gasteiger partial charge in [-0.3, -0.25) is 0 Å². The molecule has 0 aromatic carbocycles. The lowest BCUT2D eigenvalue weighted by Gasteiger charge is -1.93. The van der Waals surface area contributed by atoms with E-state index in [-0.39, 0.29) is 0 Å². The highest BCUT2D eigenvalue weighted by atomic mass is 32.2. The first-order valence-electron chi connectivity index (χ1n) is 3.49. The molecule has 0 fully saturated rings. The van der Waals surface area contributed by atoms with E-state index in [9.17, 15) is 0 Å². The lowest BCUT2D eigenvalue weighted by molar-refractivity contribution is 1.11. The van der Waals surface area contributed by atoms with Gasteiger partial charge in [-0.1, -0.05) is 18.7 Å². The molecule has 0 aliphatic rings. The molecule has 3 nitrogen and oxygen atoms in total. The number of hydrogen-bond acceptors (Lipinski definition) is 4. The second-order valence-electron chi connectivity index (χ2n) is 1.83. The second kappa shape index (κ2) is 8.46. The molecule has 0 heterocycles. The van der Waals surface area contributed by atoms with Crippen LogP contribution in [-0.4, -0.2) is 16.1 Å². The molecule has 0 saturated carbocycles. The molecule has 0 aromatic heterocycles. The van der Waals surface area contributed by atoms with Gasteiger partial charge < -0.3 is 5.73 Å². The SMILES string of the molecule is CCCSC(N)=NC=CN=C=S. The van der Waals surface area contributed by atoms with Crippen molar-refractivity contribution in [3.8, 4) is 0 Å². The molecule has 0 atom stereocenters. The van der Waals surface area contributed by atoms with Gasteiger partial charge in [0.05, 0.1) is 11.4 Å². The van der Waals surface area contributed by atoms with Crippen LogP contribution >= 0.6 is 24.0 Å². The summed E-state index contributed by atoms with van der Waals surface area (Å²) < 4.78 is 0. The lowest BCUT2D eigenvalue weighted by Crippen LogP contribution is -2.05. The monoisotopic (exact) mass is 201 g/mol. The molecule has 0 aliphatic carbocycles. The van der Waals surface area contributed by atoms with Gasteiger partial charge in [0.15, 0.2) is 5.17 Å². The number of isothiocyanates is 1. The van der Waals surface area contributed by atoms with Gasteiger partial charge in [-0.2, -0.15) is 0 Å². The lowest BCUT2D eigenvalue weighted by atomic mass is 10.6. The highest BCUT2D eigenvalue weighted by Gasteiger charge is 1.88. The van der Waals surface area contributed by atoms with E-state index in [4.69, 9.17) is 5.73 Å². The van der Waals surface area contributed by atoms with Crippen molar-refractivity contribution in [2.75, 3.05) is 5.75 Å². The third-order valence-corrected chi connectivity index (χ3v) is 1.97. The predicted octanol–water partition coefficient (Wildman–Crippen LogP) is 2.02. The molecule has 66 valence electrons. The van der Waals surface area contributed by atoms with E-state index >= 15 is 0 Å². The number of amidine groups is 1. The molecule has 0 bridgehead atoms. The summed E-state index contributed by atoms with van der Waals surface area (Å²) in [5.74, 6) is 0.986. The van der Waals surface area contributed by atoms with Gasteiger partial charge in [0.1, 0.15) is 0 Å². The molecule has 0 rings (SSSR count). The van der Waals surface area contributed by atoms with Crippen molar-refractivity contribution in [2.24, 2.45) is 15.7 Å². The zero-order chi connectivity index (χ0) is 9.23. The van der Waals surface area contributed by atoms with Crippen LogP contribution in [0.25, 0.3) is 0 Å². The van der Waals surface area contributed by atoms with Crippen molar-refractivity contribution in [2.45, 2.75) is 13.3 Å². The van der Waals surface area contributed by atoms with Gasteiger partial charge in [0.2, 0.25) is 0 Å².